The molecule has 7 rings (SSSR count). The first kappa shape index (κ1) is 30.6. The van der Waals surface area contributed by atoms with E-state index < -0.39 is 24.1 Å². The summed E-state index contributed by atoms with van der Waals surface area (Å²) in [5.74, 6) is -0.0733. The van der Waals surface area contributed by atoms with E-state index in [0.717, 1.165) is 55.7 Å². The number of fused-ring (bicyclic) bond motifs is 5. The molecule has 2 N–H and O–H groups in total. The zero-order chi connectivity index (χ0) is 31.3. The van der Waals surface area contributed by atoms with Crippen molar-refractivity contribution < 1.29 is 29.3 Å². The topological polar surface area (TPSA) is 99.5 Å². The standard InChI is InChI=1S/C36H43ClN2O6/c1-44-34(42)36(43)19-33(41)39-16-4-7-27(39)6-2-8-31(40)28-12-9-24(28)20-38-21-35(22-45-32-14-10-25(36)18-30(32)38)15-3-5-23-17-26(37)11-13-29(23)35/h2,8,10-11,13-14,17-18,24,27-28,31,40,43H,3-7,9,12,15-16,19-22H2,1H3/b8-2+/t24-,27+,28+,31-,35+,36+/m0/s1. The lowest BCUT2D eigenvalue weighted by Gasteiger charge is -2.45. The molecule has 0 radical (unpaired) electrons. The van der Waals surface area contributed by atoms with E-state index in [1.54, 1.807) is 11.0 Å². The molecule has 1 amide bonds. The Bertz CT molecular complexity index is 1510. The van der Waals surface area contributed by atoms with Crippen LogP contribution in [0.1, 0.15) is 68.1 Å². The Kier molecular flexibility index (Phi) is 8.11. The van der Waals surface area contributed by atoms with E-state index in [-0.39, 0.29) is 29.2 Å². The predicted molar refractivity (Wildman–Crippen MR) is 171 cm³/mol. The SMILES string of the molecule is COC(=O)[C@@]1(O)CC(=O)N2CCC[C@H]2C/C=C/[C@H](O)[C@@H]2CC[C@H]2CN2C[C@]3(CCCc4cc(Cl)ccc43)COc3ccc1cc32. The Morgan fingerprint density at radius 2 is 2.00 bits per heavy atom. The lowest BCUT2D eigenvalue weighted by molar-refractivity contribution is -0.168. The monoisotopic (exact) mass is 634 g/mol. The zero-order valence-corrected chi connectivity index (χ0v) is 26.7. The second-order valence-electron chi connectivity index (χ2n) is 13.9. The molecule has 6 atom stereocenters. The highest BCUT2D eigenvalue weighted by Gasteiger charge is 2.47. The van der Waals surface area contributed by atoms with Crippen LogP contribution >= 0.6 is 11.6 Å². The number of halogens is 1. The molecule has 240 valence electrons. The van der Waals surface area contributed by atoms with Crippen molar-refractivity contribution in [3.05, 3.63) is 70.3 Å². The molecule has 45 heavy (non-hydrogen) atoms. The summed E-state index contributed by atoms with van der Waals surface area (Å²) >= 11 is 6.42. The van der Waals surface area contributed by atoms with Crippen molar-refractivity contribution in [2.24, 2.45) is 11.8 Å². The van der Waals surface area contributed by atoms with Crippen LogP contribution in [0.3, 0.4) is 0 Å². The quantitative estimate of drug-likeness (QED) is 0.340. The molecule has 2 bridgehead atoms. The highest BCUT2D eigenvalue weighted by molar-refractivity contribution is 6.30. The van der Waals surface area contributed by atoms with Crippen molar-refractivity contribution >= 4 is 29.2 Å². The van der Waals surface area contributed by atoms with Gasteiger partial charge in [-0.15, -0.1) is 0 Å². The summed E-state index contributed by atoms with van der Waals surface area (Å²) in [7, 11) is 1.24. The number of anilines is 1. The third-order valence-electron chi connectivity index (χ3n) is 11.3. The average Bonchev–Trinajstić information content (AvgIpc) is 3.43. The number of carbonyl (C=O) groups is 2. The van der Waals surface area contributed by atoms with E-state index in [9.17, 15) is 19.8 Å². The normalized spacial score (nSPS) is 33.6. The van der Waals surface area contributed by atoms with Crippen molar-refractivity contribution in [1.29, 1.82) is 0 Å². The van der Waals surface area contributed by atoms with Gasteiger partial charge in [-0.25, -0.2) is 4.79 Å². The van der Waals surface area contributed by atoms with Crippen molar-refractivity contribution in [1.82, 2.24) is 4.90 Å². The van der Waals surface area contributed by atoms with Gasteiger partial charge in [-0.2, -0.15) is 0 Å². The summed E-state index contributed by atoms with van der Waals surface area (Å²) in [5, 5.41) is 24.0. The molecule has 5 aliphatic rings. The number of nitrogens with zero attached hydrogens (tertiary/aromatic N) is 2. The highest BCUT2D eigenvalue weighted by Crippen LogP contribution is 2.47. The van der Waals surface area contributed by atoms with Crippen molar-refractivity contribution in [2.75, 3.05) is 38.3 Å². The van der Waals surface area contributed by atoms with Gasteiger partial charge in [0.2, 0.25) is 5.91 Å². The van der Waals surface area contributed by atoms with E-state index in [0.29, 0.717) is 44.0 Å². The lowest BCUT2D eigenvalue weighted by Crippen LogP contribution is -2.49. The molecule has 2 aliphatic carbocycles. The van der Waals surface area contributed by atoms with Crippen LogP contribution in [0.15, 0.2) is 48.6 Å². The first-order valence-corrected chi connectivity index (χ1v) is 16.8. The number of aliphatic hydroxyl groups is 2. The number of rotatable bonds is 1. The highest BCUT2D eigenvalue weighted by atomic mass is 35.5. The number of hydrogen-bond acceptors (Lipinski definition) is 7. The number of aryl methyl sites for hydroxylation is 1. The molecule has 1 saturated carbocycles. The van der Waals surface area contributed by atoms with Crippen molar-refractivity contribution in [2.45, 2.75) is 80.9 Å². The van der Waals surface area contributed by atoms with Gasteiger partial charge < -0.3 is 29.5 Å². The van der Waals surface area contributed by atoms with Crippen LogP contribution < -0.4 is 9.64 Å². The number of methoxy groups -OCH3 is 1. The maximum Gasteiger partial charge on any atom is 0.343 e. The molecule has 2 aromatic rings. The van der Waals surface area contributed by atoms with Crippen LogP contribution in [0, 0.1) is 11.8 Å². The first-order valence-electron chi connectivity index (χ1n) is 16.5. The minimum atomic E-state index is -2.15. The molecular weight excluding hydrogens is 592 g/mol. The minimum absolute atomic E-state index is 0.0340. The third kappa shape index (κ3) is 5.43. The summed E-state index contributed by atoms with van der Waals surface area (Å²) in [4.78, 5) is 31.1. The van der Waals surface area contributed by atoms with Gasteiger partial charge in [-0.05, 0) is 104 Å². The fraction of sp³-hybridized carbons (Fsp3) is 0.556. The van der Waals surface area contributed by atoms with E-state index in [4.69, 9.17) is 21.1 Å². The smallest absolute Gasteiger partial charge is 0.343 e. The van der Waals surface area contributed by atoms with Crippen LogP contribution in [0.25, 0.3) is 0 Å². The van der Waals surface area contributed by atoms with Crippen LogP contribution in [0.2, 0.25) is 5.02 Å². The summed E-state index contributed by atoms with van der Waals surface area (Å²) in [5.41, 5.74) is 1.16. The summed E-state index contributed by atoms with van der Waals surface area (Å²) in [6, 6.07) is 11.5. The average molecular weight is 635 g/mol. The third-order valence-corrected chi connectivity index (χ3v) is 11.5. The number of esters is 1. The van der Waals surface area contributed by atoms with Crippen LogP contribution in [0.5, 0.6) is 5.75 Å². The van der Waals surface area contributed by atoms with Crippen LogP contribution in [-0.4, -0.2) is 72.5 Å². The molecule has 8 nitrogen and oxygen atoms in total. The van der Waals surface area contributed by atoms with Crippen molar-refractivity contribution in [3.63, 3.8) is 0 Å². The maximum absolute atomic E-state index is 13.7. The van der Waals surface area contributed by atoms with Crippen LogP contribution in [-0.2, 0) is 31.8 Å². The van der Waals surface area contributed by atoms with E-state index in [1.807, 2.05) is 30.4 Å². The van der Waals surface area contributed by atoms with E-state index >= 15 is 0 Å². The number of aliphatic hydroxyl groups excluding tert-OH is 1. The number of benzene rings is 2. The number of ether oxygens (including phenoxy) is 2. The van der Waals surface area contributed by atoms with Gasteiger partial charge in [-0.3, -0.25) is 4.79 Å². The van der Waals surface area contributed by atoms with Gasteiger partial charge in [0.05, 0.1) is 31.9 Å². The molecule has 2 aromatic carbocycles. The molecule has 0 unspecified atom stereocenters. The molecule has 3 aliphatic heterocycles. The number of amides is 1. The summed E-state index contributed by atoms with van der Waals surface area (Å²) in [6.45, 7) is 2.44. The van der Waals surface area contributed by atoms with Crippen molar-refractivity contribution in [3.8, 4) is 5.75 Å². The molecule has 0 aromatic heterocycles. The van der Waals surface area contributed by atoms with Gasteiger partial charge >= 0.3 is 5.97 Å². The van der Waals surface area contributed by atoms with Gasteiger partial charge in [0.25, 0.3) is 0 Å². The van der Waals surface area contributed by atoms with Crippen LogP contribution in [0.4, 0.5) is 5.69 Å². The molecule has 1 saturated heterocycles. The fourth-order valence-corrected chi connectivity index (χ4v) is 8.83. The summed E-state index contributed by atoms with van der Waals surface area (Å²) < 4.78 is 11.7. The van der Waals surface area contributed by atoms with Gasteiger partial charge in [0.15, 0.2) is 5.60 Å². The Hall–Kier alpha value is -3.07. The largest absolute Gasteiger partial charge is 0.490 e. The Morgan fingerprint density at radius 1 is 1.13 bits per heavy atom. The second-order valence-corrected chi connectivity index (χ2v) is 14.3. The first-order chi connectivity index (χ1) is 21.7. The second kappa shape index (κ2) is 11.9. The Balaban J connectivity index is 1.34. The molecule has 9 heteroatoms. The number of carbonyl (C=O) groups excluding carboxylic acids is 2. The summed E-state index contributed by atoms with van der Waals surface area (Å²) in [6.07, 6.45) is 10.2. The van der Waals surface area contributed by atoms with Gasteiger partial charge in [-0.1, -0.05) is 35.9 Å². The number of hydrogen-bond donors (Lipinski definition) is 2. The maximum atomic E-state index is 13.7. The molecular formula is C36H43ClN2O6. The molecule has 3 heterocycles. The van der Waals surface area contributed by atoms with E-state index in [2.05, 4.69) is 17.0 Å². The minimum Gasteiger partial charge on any atom is -0.490 e. The van der Waals surface area contributed by atoms with Gasteiger partial charge in [0.1, 0.15) is 5.75 Å². The lowest BCUT2D eigenvalue weighted by atomic mass is 9.68. The Labute approximate surface area is 269 Å². The predicted octanol–water partition coefficient (Wildman–Crippen LogP) is 4.90. The molecule has 1 spiro atoms. The molecule has 2 fully saturated rings. The fourth-order valence-electron chi connectivity index (χ4n) is 8.63. The van der Waals surface area contributed by atoms with E-state index in [1.165, 1.54) is 18.2 Å². The zero-order valence-electron chi connectivity index (χ0n) is 25.9. The Morgan fingerprint density at radius 3 is 2.80 bits per heavy atom. The van der Waals surface area contributed by atoms with Gasteiger partial charge in [0, 0.05) is 36.1 Å².